The van der Waals surface area contributed by atoms with Crippen molar-refractivity contribution in [1.82, 2.24) is 14.2 Å². The summed E-state index contributed by atoms with van der Waals surface area (Å²) in [4.78, 5) is 18.4. The number of pyridine rings is 1. The Hall–Kier alpha value is -2.01. The van der Waals surface area contributed by atoms with Crippen molar-refractivity contribution in [3.05, 3.63) is 47.1 Å². The smallest absolute Gasteiger partial charge is 0.243 e. The van der Waals surface area contributed by atoms with Gasteiger partial charge in [-0.3, -0.25) is 9.69 Å². The van der Waals surface area contributed by atoms with Crippen LogP contribution in [0.2, 0.25) is 0 Å². The summed E-state index contributed by atoms with van der Waals surface area (Å²) < 4.78 is 32.9. The number of ether oxygens (including phenoxy) is 1. The van der Waals surface area contributed by atoms with Crippen LogP contribution in [0.15, 0.2) is 52.0 Å². The first-order valence-electron chi connectivity index (χ1n) is 8.66. The molecule has 1 amide bonds. The number of aromatic nitrogens is 1. The molecule has 150 valence electrons. The topological polar surface area (TPSA) is 91.8 Å². The molecule has 10 heteroatoms. The molecular formula is C18H21BrN4O4S. The third-order valence-corrected chi connectivity index (χ3v) is 6.77. The monoisotopic (exact) mass is 468 g/mol. The van der Waals surface area contributed by atoms with Crippen molar-refractivity contribution < 1.29 is 17.9 Å². The van der Waals surface area contributed by atoms with Crippen molar-refractivity contribution in [2.75, 3.05) is 45.2 Å². The number of nitrogens with one attached hydrogen (secondary N) is 1. The van der Waals surface area contributed by atoms with Crippen molar-refractivity contribution >= 4 is 37.7 Å². The second kappa shape index (κ2) is 8.99. The maximum absolute atomic E-state index is 12.8. The molecule has 3 rings (SSSR count). The summed E-state index contributed by atoms with van der Waals surface area (Å²) >= 11 is 3.29. The van der Waals surface area contributed by atoms with Crippen molar-refractivity contribution in [3.63, 3.8) is 0 Å². The lowest BCUT2D eigenvalue weighted by Crippen LogP contribution is -2.50. The predicted molar refractivity (Wildman–Crippen MR) is 109 cm³/mol. The van der Waals surface area contributed by atoms with Gasteiger partial charge in [-0.15, -0.1) is 0 Å². The number of hydrogen-bond acceptors (Lipinski definition) is 6. The van der Waals surface area contributed by atoms with Gasteiger partial charge in [0.25, 0.3) is 0 Å². The summed E-state index contributed by atoms with van der Waals surface area (Å²) in [5, 5.41) is 2.74. The summed E-state index contributed by atoms with van der Waals surface area (Å²) in [6.45, 7) is 1.82. The van der Waals surface area contributed by atoms with Gasteiger partial charge in [-0.05, 0) is 52.3 Å². The van der Waals surface area contributed by atoms with Crippen molar-refractivity contribution in [2.24, 2.45) is 0 Å². The molecule has 0 radical (unpaired) electrons. The molecule has 1 fully saturated rings. The van der Waals surface area contributed by atoms with E-state index in [-0.39, 0.29) is 17.3 Å². The first-order chi connectivity index (χ1) is 13.4. The molecule has 0 aliphatic carbocycles. The van der Waals surface area contributed by atoms with E-state index in [1.165, 1.54) is 11.4 Å². The van der Waals surface area contributed by atoms with Crippen LogP contribution in [0.5, 0.6) is 5.75 Å². The van der Waals surface area contributed by atoms with E-state index in [4.69, 9.17) is 4.74 Å². The van der Waals surface area contributed by atoms with Gasteiger partial charge in [0.05, 0.1) is 18.6 Å². The van der Waals surface area contributed by atoms with Gasteiger partial charge in [0.2, 0.25) is 15.9 Å². The van der Waals surface area contributed by atoms with E-state index in [2.05, 4.69) is 26.2 Å². The number of methoxy groups -OCH3 is 1. The Balaban J connectivity index is 1.53. The molecular weight excluding hydrogens is 448 g/mol. The lowest BCUT2D eigenvalue weighted by Gasteiger charge is -2.33. The van der Waals surface area contributed by atoms with Crippen LogP contribution in [0.25, 0.3) is 0 Å². The molecule has 0 bridgehead atoms. The highest BCUT2D eigenvalue weighted by molar-refractivity contribution is 9.10. The zero-order chi connectivity index (χ0) is 20.1. The summed E-state index contributed by atoms with van der Waals surface area (Å²) in [5.74, 6) is 0.908. The van der Waals surface area contributed by atoms with Crippen LogP contribution in [0.4, 0.5) is 5.82 Å². The molecule has 1 aliphatic rings. The van der Waals surface area contributed by atoms with Crippen LogP contribution >= 0.6 is 15.9 Å². The normalized spacial score (nSPS) is 15.9. The summed E-state index contributed by atoms with van der Waals surface area (Å²) in [7, 11) is -2.02. The number of anilines is 1. The molecule has 0 saturated carbocycles. The van der Waals surface area contributed by atoms with Crippen molar-refractivity contribution in [3.8, 4) is 5.75 Å². The SMILES string of the molecule is COc1ccc(S(=O)(=O)N2CCN(CC(=O)Nc3ccc(Br)cn3)CC2)cc1. The number of hydrogen-bond donors (Lipinski definition) is 1. The van der Waals surface area contributed by atoms with Crippen molar-refractivity contribution in [2.45, 2.75) is 4.90 Å². The van der Waals surface area contributed by atoms with Gasteiger partial charge in [0.15, 0.2) is 0 Å². The molecule has 1 aromatic heterocycles. The van der Waals surface area contributed by atoms with E-state index in [0.29, 0.717) is 37.7 Å². The first kappa shape index (κ1) is 20.7. The summed E-state index contributed by atoms with van der Waals surface area (Å²) in [6, 6.07) is 9.85. The number of piperazine rings is 1. The second-order valence-electron chi connectivity index (χ2n) is 6.27. The van der Waals surface area contributed by atoms with E-state index in [9.17, 15) is 13.2 Å². The molecule has 0 spiro atoms. The predicted octanol–water partition coefficient (Wildman–Crippen LogP) is 1.80. The van der Waals surface area contributed by atoms with Gasteiger partial charge >= 0.3 is 0 Å². The number of benzene rings is 1. The molecule has 2 heterocycles. The van der Waals surface area contributed by atoms with Crippen LogP contribution < -0.4 is 10.1 Å². The maximum atomic E-state index is 12.8. The number of nitrogens with zero attached hydrogens (tertiary/aromatic N) is 3. The molecule has 0 unspecified atom stereocenters. The zero-order valence-corrected chi connectivity index (χ0v) is 17.7. The first-order valence-corrected chi connectivity index (χ1v) is 10.9. The van der Waals surface area contributed by atoms with Crippen LogP contribution in [0, 0.1) is 0 Å². The third kappa shape index (κ3) is 5.07. The molecule has 8 nitrogen and oxygen atoms in total. The van der Waals surface area contributed by atoms with E-state index >= 15 is 0 Å². The minimum Gasteiger partial charge on any atom is -0.497 e. The van der Waals surface area contributed by atoms with Gasteiger partial charge in [0, 0.05) is 36.8 Å². The van der Waals surface area contributed by atoms with Gasteiger partial charge < -0.3 is 10.1 Å². The van der Waals surface area contributed by atoms with E-state index in [0.717, 1.165) is 4.47 Å². The lowest BCUT2D eigenvalue weighted by molar-refractivity contribution is -0.117. The molecule has 1 saturated heterocycles. The maximum Gasteiger partial charge on any atom is 0.243 e. The molecule has 1 aromatic carbocycles. The lowest BCUT2D eigenvalue weighted by atomic mass is 10.3. The average Bonchev–Trinajstić information content (AvgIpc) is 2.70. The highest BCUT2D eigenvalue weighted by Gasteiger charge is 2.29. The standard InChI is InChI=1S/C18H21BrN4O4S/c1-27-15-3-5-16(6-4-15)28(25,26)23-10-8-22(9-11-23)13-18(24)21-17-7-2-14(19)12-20-17/h2-7,12H,8-11,13H2,1H3,(H,20,21,24). The third-order valence-electron chi connectivity index (χ3n) is 4.39. The number of halogens is 1. The fourth-order valence-corrected chi connectivity index (χ4v) is 4.52. The quantitative estimate of drug-likeness (QED) is 0.694. The second-order valence-corrected chi connectivity index (χ2v) is 9.12. The van der Waals surface area contributed by atoms with Crippen LogP contribution in [0.3, 0.4) is 0 Å². The van der Waals surface area contributed by atoms with Gasteiger partial charge in [-0.25, -0.2) is 13.4 Å². The van der Waals surface area contributed by atoms with Gasteiger partial charge in [0.1, 0.15) is 11.6 Å². The largest absolute Gasteiger partial charge is 0.497 e. The number of carbonyl (C=O) groups is 1. The number of sulfonamides is 1. The molecule has 1 aliphatic heterocycles. The Bertz CT molecular complexity index is 912. The van der Waals surface area contributed by atoms with E-state index in [1.54, 1.807) is 42.6 Å². The fraction of sp³-hybridized carbons (Fsp3) is 0.333. The Morgan fingerprint density at radius 1 is 1.14 bits per heavy atom. The van der Waals surface area contributed by atoms with Crippen LogP contribution in [0.1, 0.15) is 0 Å². The highest BCUT2D eigenvalue weighted by Crippen LogP contribution is 2.20. The van der Waals surface area contributed by atoms with Crippen LogP contribution in [-0.4, -0.2) is 68.3 Å². The minimum absolute atomic E-state index is 0.179. The minimum atomic E-state index is -3.56. The Morgan fingerprint density at radius 3 is 2.39 bits per heavy atom. The van der Waals surface area contributed by atoms with Crippen LogP contribution in [-0.2, 0) is 14.8 Å². The van der Waals surface area contributed by atoms with E-state index < -0.39 is 10.0 Å². The van der Waals surface area contributed by atoms with Crippen molar-refractivity contribution in [1.29, 1.82) is 0 Å². The Morgan fingerprint density at radius 2 is 1.82 bits per heavy atom. The summed E-state index contributed by atoms with van der Waals surface area (Å²) in [6.07, 6.45) is 1.61. The average molecular weight is 469 g/mol. The number of carbonyl (C=O) groups excluding carboxylic acids is 1. The number of amides is 1. The zero-order valence-electron chi connectivity index (χ0n) is 15.3. The Kier molecular flexibility index (Phi) is 6.65. The molecule has 1 N–H and O–H groups in total. The summed E-state index contributed by atoms with van der Waals surface area (Å²) in [5.41, 5.74) is 0. The molecule has 2 aromatic rings. The van der Waals surface area contributed by atoms with Gasteiger partial charge in [-0.1, -0.05) is 0 Å². The molecule has 28 heavy (non-hydrogen) atoms. The number of rotatable bonds is 6. The molecule has 0 atom stereocenters. The van der Waals surface area contributed by atoms with Gasteiger partial charge in [-0.2, -0.15) is 4.31 Å². The Labute approximate surface area is 172 Å². The van der Waals surface area contributed by atoms with E-state index in [1.807, 2.05) is 4.90 Å². The highest BCUT2D eigenvalue weighted by atomic mass is 79.9. The fourth-order valence-electron chi connectivity index (χ4n) is 2.86.